The molecule has 2 heterocycles. The molecule has 4 N–H and O–H groups in total. The van der Waals surface area contributed by atoms with Gasteiger partial charge in [0.05, 0.1) is 23.4 Å². The smallest absolute Gasteiger partial charge is 0.369 e. The number of sulfonamides is 1. The highest BCUT2D eigenvalue weighted by Gasteiger charge is 2.33. The number of amides is 1. The lowest BCUT2D eigenvalue weighted by Gasteiger charge is -2.17. The van der Waals surface area contributed by atoms with Gasteiger partial charge in [-0.05, 0) is 23.8 Å². The van der Waals surface area contributed by atoms with Gasteiger partial charge in [-0.2, -0.15) is 18.3 Å². The zero-order chi connectivity index (χ0) is 22.3. The van der Waals surface area contributed by atoms with Crippen LogP contribution < -0.4 is 10.9 Å². The Hall–Kier alpha value is -2.96. The minimum atomic E-state index is -4.67. The third-order valence-electron chi connectivity index (χ3n) is 4.16. The molecule has 1 amide bonds. The second-order valence-electron chi connectivity index (χ2n) is 6.16. The van der Waals surface area contributed by atoms with Crippen LogP contribution in [0.5, 0.6) is 0 Å². The largest absolute Gasteiger partial charge is 0.419 e. The number of aromatic nitrogens is 3. The minimum Gasteiger partial charge on any atom is -0.369 e. The molecule has 8 nitrogen and oxygen atoms in total. The van der Waals surface area contributed by atoms with Crippen molar-refractivity contribution in [3.8, 4) is 5.69 Å². The summed E-state index contributed by atoms with van der Waals surface area (Å²) in [7, 11) is -4.42. The molecule has 0 bridgehead atoms. The first-order chi connectivity index (χ1) is 13.9. The molecular weight excluding hydrogens is 447 g/mol. The predicted octanol–water partition coefficient (Wildman–Crippen LogP) is 2.20. The van der Waals surface area contributed by atoms with Gasteiger partial charge in [0.25, 0.3) is 0 Å². The number of hydrogen-bond acceptors (Lipinski definition) is 5. The lowest BCUT2D eigenvalue weighted by molar-refractivity contribution is -0.137. The Balaban J connectivity index is 2.19. The van der Waals surface area contributed by atoms with E-state index in [0.717, 1.165) is 10.7 Å². The first-order valence-corrected chi connectivity index (χ1v) is 10.0. The molecule has 0 spiro atoms. The predicted molar refractivity (Wildman–Crippen MR) is 100 cm³/mol. The molecule has 3 aromatic rings. The van der Waals surface area contributed by atoms with Crippen LogP contribution >= 0.6 is 11.6 Å². The Kier molecular flexibility index (Phi) is 5.58. The highest BCUT2D eigenvalue weighted by atomic mass is 35.5. The normalized spacial score (nSPS) is 13.2. The van der Waals surface area contributed by atoms with Gasteiger partial charge in [0.15, 0.2) is 0 Å². The lowest BCUT2D eigenvalue weighted by atomic mass is 9.91. The molecule has 0 aliphatic heterocycles. The summed E-state index contributed by atoms with van der Waals surface area (Å²) in [5, 5.41) is 8.79. The van der Waals surface area contributed by atoms with Crippen LogP contribution in [0.4, 0.5) is 13.2 Å². The zero-order valence-corrected chi connectivity index (χ0v) is 16.4. The molecular formula is C17H13ClF3N5O3S. The van der Waals surface area contributed by atoms with Gasteiger partial charge in [-0.1, -0.05) is 23.7 Å². The monoisotopic (exact) mass is 459 g/mol. The fourth-order valence-corrected chi connectivity index (χ4v) is 3.82. The molecule has 0 aliphatic carbocycles. The van der Waals surface area contributed by atoms with E-state index in [9.17, 15) is 26.4 Å². The van der Waals surface area contributed by atoms with E-state index in [1.54, 1.807) is 0 Å². The number of rotatable bonds is 5. The van der Waals surface area contributed by atoms with E-state index < -0.39 is 38.5 Å². The van der Waals surface area contributed by atoms with Gasteiger partial charge >= 0.3 is 6.18 Å². The molecule has 2 aromatic heterocycles. The quantitative estimate of drug-likeness (QED) is 0.564. The number of alkyl halides is 3. The van der Waals surface area contributed by atoms with Crippen molar-refractivity contribution in [2.75, 3.05) is 0 Å². The van der Waals surface area contributed by atoms with Crippen LogP contribution in [0, 0.1) is 0 Å². The maximum Gasteiger partial charge on any atom is 0.419 e. The molecule has 0 radical (unpaired) electrons. The van der Waals surface area contributed by atoms with E-state index in [-0.39, 0.29) is 22.0 Å². The van der Waals surface area contributed by atoms with Crippen LogP contribution in [0.3, 0.4) is 0 Å². The summed E-state index contributed by atoms with van der Waals surface area (Å²) in [5.74, 6) is -2.03. The van der Waals surface area contributed by atoms with Crippen molar-refractivity contribution in [1.29, 1.82) is 0 Å². The summed E-state index contributed by atoms with van der Waals surface area (Å²) in [4.78, 5) is 15.4. The van der Waals surface area contributed by atoms with Crippen LogP contribution in [-0.2, 0) is 21.0 Å². The fraction of sp³-hybridized carbons (Fsp3) is 0.118. The number of halogens is 4. The van der Waals surface area contributed by atoms with E-state index in [1.807, 2.05) is 0 Å². The van der Waals surface area contributed by atoms with Gasteiger partial charge in [-0.15, -0.1) is 0 Å². The summed E-state index contributed by atoms with van der Waals surface area (Å²) in [6.07, 6.45) is -2.12. The van der Waals surface area contributed by atoms with E-state index in [4.69, 9.17) is 22.5 Å². The van der Waals surface area contributed by atoms with Crippen LogP contribution in [0.15, 0.2) is 53.8 Å². The number of benzene rings is 1. The molecule has 13 heteroatoms. The highest BCUT2D eigenvalue weighted by molar-refractivity contribution is 7.89. The van der Waals surface area contributed by atoms with Gasteiger partial charge in [-0.3, -0.25) is 4.79 Å². The van der Waals surface area contributed by atoms with E-state index >= 15 is 0 Å². The number of pyridine rings is 1. The third kappa shape index (κ3) is 4.30. The molecule has 158 valence electrons. The number of primary sulfonamides is 1. The van der Waals surface area contributed by atoms with E-state index in [2.05, 4.69) is 10.1 Å². The van der Waals surface area contributed by atoms with Gasteiger partial charge in [0, 0.05) is 18.0 Å². The van der Waals surface area contributed by atoms with Crippen molar-refractivity contribution in [2.45, 2.75) is 17.0 Å². The highest BCUT2D eigenvalue weighted by Crippen LogP contribution is 2.33. The van der Waals surface area contributed by atoms with Crippen molar-refractivity contribution < 1.29 is 26.4 Å². The summed E-state index contributed by atoms with van der Waals surface area (Å²) in [5.41, 5.74) is 4.49. The number of carbonyl (C=O) groups excluding carboxylic acids is 1. The van der Waals surface area contributed by atoms with Crippen molar-refractivity contribution in [2.24, 2.45) is 10.9 Å². The molecule has 1 atom stereocenters. The van der Waals surface area contributed by atoms with Gasteiger partial charge in [0.2, 0.25) is 15.9 Å². The summed E-state index contributed by atoms with van der Waals surface area (Å²) in [6, 6.07) is 6.52. The Morgan fingerprint density at radius 1 is 1.23 bits per heavy atom. The maximum absolute atomic E-state index is 12.9. The number of nitrogens with zero attached hydrogens (tertiary/aromatic N) is 3. The summed E-state index contributed by atoms with van der Waals surface area (Å²) < 4.78 is 63.6. The topological polar surface area (TPSA) is 134 Å². The molecule has 30 heavy (non-hydrogen) atoms. The molecule has 3 rings (SSSR count). The maximum atomic E-state index is 12.9. The third-order valence-corrected chi connectivity index (χ3v) is 5.42. The zero-order valence-electron chi connectivity index (χ0n) is 14.8. The Morgan fingerprint density at radius 2 is 1.93 bits per heavy atom. The summed E-state index contributed by atoms with van der Waals surface area (Å²) in [6.45, 7) is 0. The minimum absolute atomic E-state index is 0.0237. The van der Waals surface area contributed by atoms with Crippen molar-refractivity contribution in [3.05, 3.63) is 70.8 Å². The van der Waals surface area contributed by atoms with Crippen LogP contribution in [0.25, 0.3) is 5.69 Å². The average molecular weight is 460 g/mol. The Bertz CT molecular complexity index is 1230. The second-order valence-corrected chi connectivity index (χ2v) is 8.05. The number of nitrogens with two attached hydrogens (primary N) is 2. The first kappa shape index (κ1) is 21.7. The van der Waals surface area contributed by atoms with Crippen LogP contribution in [0.2, 0.25) is 5.15 Å². The molecule has 0 saturated heterocycles. The average Bonchev–Trinajstić information content (AvgIpc) is 3.13. The number of hydrogen-bond donors (Lipinski definition) is 2. The van der Waals surface area contributed by atoms with Crippen LogP contribution in [-0.4, -0.2) is 29.1 Å². The SMILES string of the molecule is NC(=O)C(c1ccc(-n2cc(C(F)(F)F)cn2)c(S(N)(=O)=O)c1)c1cccnc1Cl. The lowest BCUT2D eigenvalue weighted by Crippen LogP contribution is -2.24. The van der Waals surface area contributed by atoms with Crippen molar-refractivity contribution >= 4 is 27.5 Å². The van der Waals surface area contributed by atoms with Gasteiger partial charge in [0.1, 0.15) is 10.0 Å². The van der Waals surface area contributed by atoms with Crippen molar-refractivity contribution in [3.63, 3.8) is 0 Å². The fourth-order valence-electron chi connectivity index (χ4n) is 2.84. The molecule has 1 unspecified atom stereocenters. The number of carbonyl (C=O) groups is 1. The Morgan fingerprint density at radius 3 is 2.47 bits per heavy atom. The van der Waals surface area contributed by atoms with E-state index in [1.165, 1.54) is 30.5 Å². The van der Waals surface area contributed by atoms with Gasteiger partial charge < -0.3 is 5.73 Å². The molecule has 0 fully saturated rings. The van der Waals surface area contributed by atoms with Crippen molar-refractivity contribution in [1.82, 2.24) is 14.8 Å². The van der Waals surface area contributed by atoms with Crippen LogP contribution in [0.1, 0.15) is 22.6 Å². The number of primary amides is 1. The summed E-state index contributed by atoms with van der Waals surface area (Å²) >= 11 is 6.03. The molecule has 0 saturated carbocycles. The molecule has 0 aliphatic rings. The second kappa shape index (κ2) is 7.70. The molecule has 1 aromatic carbocycles. The van der Waals surface area contributed by atoms with Gasteiger partial charge in [-0.25, -0.2) is 23.2 Å². The Labute approximate surface area is 173 Å². The standard InChI is InChI=1S/C17H13ClF3N5O3S/c18-15-11(2-1-5-24-15)14(16(22)27)9-3-4-12(13(6-9)30(23,28)29)26-8-10(7-25-26)17(19,20)21/h1-8,14H,(H2,22,27)(H2,23,28,29). The first-order valence-electron chi connectivity index (χ1n) is 8.08. The van der Waals surface area contributed by atoms with E-state index in [0.29, 0.717) is 12.4 Å².